The van der Waals surface area contributed by atoms with Gasteiger partial charge < -0.3 is 4.98 Å². The lowest BCUT2D eigenvalue weighted by atomic mass is 9.95. The summed E-state index contributed by atoms with van der Waals surface area (Å²) in [6.45, 7) is 6.55. The standard InChI is InChI=1S/C19H21F4N3O/c1-18(2,3)17-24-15-6-7-26(10-13(15)16(27)25-17)9-11-8-12(19(21,22)23)4-5-14(11)20/h4-5,8H,6-7,9-10H2,1-3H3,(H,24,25,27). The number of halogens is 4. The Morgan fingerprint density at radius 1 is 1.22 bits per heavy atom. The van der Waals surface area contributed by atoms with Crippen molar-refractivity contribution >= 4 is 0 Å². The van der Waals surface area contributed by atoms with Crippen molar-refractivity contribution in [3.63, 3.8) is 0 Å². The maximum absolute atomic E-state index is 14.0. The van der Waals surface area contributed by atoms with Crippen LogP contribution in [0.4, 0.5) is 17.6 Å². The number of H-pyrrole nitrogens is 1. The minimum absolute atomic E-state index is 0.00431. The van der Waals surface area contributed by atoms with Gasteiger partial charge in [0, 0.05) is 37.0 Å². The summed E-state index contributed by atoms with van der Waals surface area (Å²) in [5, 5.41) is 0. The monoisotopic (exact) mass is 383 g/mol. The van der Waals surface area contributed by atoms with E-state index in [9.17, 15) is 22.4 Å². The summed E-state index contributed by atoms with van der Waals surface area (Å²) in [7, 11) is 0. The summed E-state index contributed by atoms with van der Waals surface area (Å²) >= 11 is 0. The molecule has 1 aliphatic heterocycles. The third-order valence-electron chi connectivity index (χ3n) is 4.63. The van der Waals surface area contributed by atoms with Gasteiger partial charge in [0.2, 0.25) is 0 Å². The van der Waals surface area contributed by atoms with E-state index in [-0.39, 0.29) is 29.6 Å². The lowest BCUT2D eigenvalue weighted by molar-refractivity contribution is -0.137. The first kappa shape index (κ1) is 19.5. The number of hydrogen-bond donors (Lipinski definition) is 1. The largest absolute Gasteiger partial charge is 0.416 e. The van der Waals surface area contributed by atoms with Crippen molar-refractivity contribution in [1.29, 1.82) is 0 Å². The highest BCUT2D eigenvalue weighted by Crippen LogP contribution is 2.31. The van der Waals surface area contributed by atoms with Gasteiger partial charge in [0.05, 0.1) is 16.8 Å². The first-order valence-corrected chi connectivity index (χ1v) is 8.65. The van der Waals surface area contributed by atoms with Gasteiger partial charge in [-0.3, -0.25) is 9.69 Å². The van der Waals surface area contributed by atoms with Crippen LogP contribution in [0.25, 0.3) is 0 Å². The summed E-state index contributed by atoms with van der Waals surface area (Å²) in [4.78, 5) is 21.5. The topological polar surface area (TPSA) is 49.0 Å². The first-order valence-electron chi connectivity index (χ1n) is 8.65. The minimum atomic E-state index is -4.53. The molecule has 0 saturated heterocycles. The van der Waals surface area contributed by atoms with Gasteiger partial charge in [0.15, 0.2) is 0 Å². The van der Waals surface area contributed by atoms with Gasteiger partial charge >= 0.3 is 6.18 Å². The van der Waals surface area contributed by atoms with Crippen LogP contribution in [0.5, 0.6) is 0 Å². The molecule has 4 nitrogen and oxygen atoms in total. The van der Waals surface area contributed by atoms with E-state index >= 15 is 0 Å². The van der Waals surface area contributed by atoms with Crippen molar-refractivity contribution in [3.8, 4) is 0 Å². The van der Waals surface area contributed by atoms with Gasteiger partial charge in [-0.2, -0.15) is 13.2 Å². The van der Waals surface area contributed by atoms with Crippen molar-refractivity contribution in [2.24, 2.45) is 0 Å². The fraction of sp³-hybridized carbons (Fsp3) is 0.474. The molecule has 27 heavy (non-hydrogen) atoms. The Morgan fingerprint density at radius 2 is 1.93 bits per heavy atom. The van der Waals surface area contributed by atoms with Crippen LogP contribution in [-0.2, 0) is 31.1 Å². The number of aromatic amines is 1. The van der Waals surface area contributed by atoms with Crippen molar-refractivity contribution in [2.45, 2.75) is 51.9 Å². The molecular formula is C19H21F4N3O. The van der Waals surface area contributed by atoms with E-state index < -0.39 is 17.6 Å². The number of hydrogen-bond acceptors (Lipinski definition) is 3. The van der Waals surface area contributed by atoms with Gasteiger partial charge in [-0.15, -0.1) is 0 Å². The highest BCUT2D eigenvalue weighted by molar-refractivity contribution is 5.28. The van der Waals surface area contributed by atoms with Gasteiger partial charge in [-0.05, 0) is 18.2 Å². The van der Waals surface area contributed by atoms with Gasteiger partial charge in [0.1, 0.15) is 11.6 Å². The van der Waals surface area contributed by atoms with Crippen LogP contribution < -0.4 is 5.56 Å². The third kappa shape index (κ3) is 4.21. The molecule has 0 bridgehead atoms. The lowest BCUT2D eigenvalue weighted by Crippen LogP contribution is -2.37. The Bertz CT molecular complexity index is 913. The van der Waals surface area contributed by atoms with E-state index in [0.717, 1.165) is 18.2 Å². The third-order valence-corrected chi connectivity index (χ3v) is 4.63. The van der Waals surface area contributed by atoms with Crippen LogP contribution in [0.15, 0.2) is 23.0 Å². The smallest absolute Gasteiger partial charge is 0.310 e. The van der Waals surface area contributed by atoms with Gasteiger partial charge in [-0.25, -0.2) is 9.37 Å². The van der Waals surface area contributed by atoms with Crippen LogP contribution in [0.3, 0.4) is 0 Å². The molecule has 0 amide bonds. The average molecular weight is 383 g/mol. The van der Waals surface area contributed by atoms with Gasteiger partial charge in [0.25, 0.3) is 5.56 Å². The minimum Gasteiger partial charge on any atom is -0.310 e. The molecule has 3 rings (SSSR count). The molecule has 0 aliphatic carbocycles. The van der Waals surface area contributed by atoms with Crippen molar-refractivity contribution in [1.82, 2.24) is 14.9 Å². The average Bonchev–Trinajstić information content (AvgIpc) is 2.55. The number of alkyl halides is 3. The maximum Gasteiger partial charge on any atom is 0.416 e. The van der Waals surface area contributed by atoms with Crippen molar-refractivity contribution in [3.05, 3.63) is 62.6 Å². The maximum atomic E-state index is 14.0. The Morgan fingerprint density at radius 3 is 2.56 bits per heavy atom. The zero-order valence-corrected chi connectivity index (χ0v) is 15.4. The van der Waals surface area contributed by atoms with Crippen LogP contribution >= 0.6 is 0 Å². The molecule has 0 unspecified atom stereocenters. The Kier molecular flexibility index (Phi) is 4.88. The molecule has 2 aromatic rings. The van der Waals surface area contributed by atoms with Crippen molar-refractivity contribution < 1.29 is 17.6 Å². The first-order chi connectivity index (χ1) is 12.4. The van der Waals surface area contributed by atoms with Crippen molar-refractivity contribution in [2.75, 3.05) is 6.54 Å². The number of nitrogens with zero attached hydrogens (tertiary/aromatic N) is 2. The molecule has 8 heteroatoms. The van der Waals surface area contributed by atoms with E-state index in [4.69, 9.17) is 0 Å². The van der Waals surface area contributed by atoms with E-state index in [2.05, 4.69) is 9.97 Å². The van der Waals surface area contributed by atoms with Gasteiger partial charge in [-0.1, -0.05) is 20.8 Å². The number of benzene rings is 1. The molecule has 1 N–H and O–H groups in total. The molecule has 2 heterocycles. The molecule has 1 aliphatic rings. The molecule has 0 spiro atoms. The zero-order valence-electron chi connectivity index (χ0n) is 15.4. The van der Waals surface area contributed by atoms with Crippen LogP contribution in [0.2, 0.25) is 0 Å². The number of aromatic nitrogens is 2. The molecule has 1 aromatic heterocycles. The molecule has 0 fully saturated rings. The van der Waals surface area contributed by atoms with Crippen LogP contribution in [-0.4, -0.2) is 21.4 Å². The Balaban J connectivity index is 1.85. The molecule has 0 atom stereocenters. The molecule has 146 valence electrons. The Hall–Kier alpha value is -2.22. The molecular weight excluding hydrogens is 362 g/mol. The predicted molar refractivity (Wildman–Crippen MR) is 92.8 cm³/mol. The fourth-order valence-electron chi connectivity index (χ4n) is 3.08. The molecule has 1 aromatic carbocycles. The second-order valence-electron chi connectivity index (χ2n) is 7.85. The zero-order chi connectivity index (χ0) is 20.0. The second kappa shape index (κ2) is 6.74. The number of nitrogens with one attached hydrogen (secondary N) is 1. The van der Waals surface area contributed by atoms with Crippen LogP contribution in [0.1, 0.15) is 49.0 Å². The number of rotatable bonds is 2. The normalized spacial score (nSPS) is 15.7. The van der Waals surface area contributed by atoms with E-state index in [1.54, 1.807) is 4.90 Å². The van der Waals surface area contributed by atoms with Crippen LogP contribution in [0, 0.1) is 5.82 Å². The summed E-state index contributed by atoms with van der Waals surface area (Å²) < 4.78 is 52.6. The summed E-state index contributed by atoms with van der Waals surface area (Å²) in [5.74, 6) is -0.0902. The van der Waals surface area contributed by atoms with E-state index in [1.807, 2.05) is 20.8 Å². The fourth-order valence-corrected chi connectivity index (χ4v) is 3.08. The quantitative estimate of drug-likeness (QED) is 0.803. The summed E-state index contributed by atoms with van der Waals surface area (Å²) in [5.41, 5.74) is -0.285. The Labute approximate surface area is 154 Å². The highest BCUT2D eigenvalue weighted by Gasteiger charge is 2.31. The predicted octanol–water partition coefficient (Wildman–Crippen LogP) is 3.78. The lowest BCUT2D eigenvalue weighted by Gasteiger charge is -2.29. The SMILES string of the molecule is CC(C)(C)c1nc2c(c(=O)[nH]1)CN(Cc1cc(C(F)(F)F)ccc1F)CC2. The van der Waals surface area contributed by atoms with E-state index in [0.29, 0.717) is 30.0 Å². The molecule has 0 radical (unpaired) electrons. The highest BCUT2D eigenvalue weighted by atomic mass is 19.4. The number of fused-ring (bicyclic) bond motifs is 1. The molecule has 0 saturated carbocycles. The van der Waals surface area contributed by atoms with E-state index in [1.165, 1.54) is 0 Å². The summed E-state index contributed by atoms with van der Waals surface area (Å²) in [6.07, 6.45) is -4.04. The second-order valence-corrected chi connectivity index (χ2v) is 7.85. The summed E-state index contributed by atoms with van der Waals surface area (Å²) in [6, 6.07) is 2.39.